The Morgan fingerprint density at radius 1 is 1.15 bits per heavy atom. The van der Waals surface area contributed by atoms with Gasteiger partial charge in [0.2, 0.25) is 0 Å². The van der Waals surface area contributed by atoms with Gasteiger partial charge < -0.3 is 14.8 Å². The summed E-state index contributed by atoms with van der Waals surface area (Å²) in [7, 11) is 1.66. The van der Waals surface area contributed by atoms with Crippen LogP contribution in [0.1, 0.15) is 35.6 Å². The van der Waals surface area contributed by atoms with Crippen molar-refractivity contribution in [1.29, 1.82) is 0 Å². The molecule has 1 amide bonds. The Hall–Kier alpha value is -2.49. The summed E-state index contributed by atoms with van der Waals surface area (Å²) in [4.78, 5) is 12.3. The third-order valence-corrected chi connectivity index (χ3v) is 4.51. The first-order valence-corrected chi connectivity index (χ1v) is 9.06. The van der Waals surface area contributed by atoms with Gasteiger partial charge in [0.05, 0.1) is 7.11 Å². The van der Waals surface area contributed by atoms with E-state index in [4.69, 9.17) is 9.47 Å². The molecule has 1 atom stereocenters. The number of hydrogen-bond acceptors (Lipinski definition) is 3. The highest BCUT2D eigenvalue weighted by molar-refractivity contribution is 5.80. The van der Waals surface area contributed by atoms with Gasteiger partial charge in [-0.05, 0) is 81.0 Å². The van der Waals surface area contributed by atoms with E-state index in [-0.39, 0.29) is 5.91 Å². The third kappa shape index (κ3) is 5.51. The highest BCUT2D eigenvalue weighted by Gasteiger charge is 2.16. The summed E-state index contributed by atoms with van der Waals surface area (Å²) >= 11 is 0. The van der Waals surface area contributed by atoms with Gasteiger partial charge >= 0.3 is 0 Å². The van der Waals surface area contributed by atoms with Crippen molar-refractivity contribution in [1.82, 2.24) is 5.32 Å². The number of amides is 1. The normalized spacial score (nSPS) is 11.7. The Morgan fingerprint density at radius 2 is 1.92 bits per heavy atom. The average Bonchev–Trinajstić information content (AvgIpc) is 2.62. The Bertz CT molecular complexity index is 755. The summed E-state index contributed by atoms with van der Waals surface area (Å²) in [6.45, 7) is 8.51. The van der Waals surface area contributed by atoms with Crippen LogP contribution in [0.15, 0.2) is 36.4 Å². The van der Waals surface area contributed by atoms with Crippen molar-refractivity contribution in [3.8, 4) is 11.5 Å². The van der Waals surface area contributed by atoms with E-state index in [1.54, 1.807) is 14.0 Å². The minimum atomic E-state index is -0.522. The number of rotatable bonds is 8. The topological polar surface area (TPSA) is 47.6 Å². The highest BCUT2D eigenvalue weighted by Crippen LogP contribution is 2.24. The Morgan fingerprint density at radius 3 is 2.65 bits per heavy atom. The SMILES string of the molecule is COc1cccc(CCCNC(=O)[C@@H](C)Oc2cc(C)cc(C)c2C)c1. The van der Waals surface area contributed by atoms with E-state index in [9.17, 15) is 4.79 Å². The van der Waals surface area contributed by atoms with Gasteiger partial charge in [0.1, 0.15) is 11.5 Å². The van der Waals surface area contributed by atoms with Crippen LogP contribution >= 0.6 is 0 Å². The second-order valence-corrected chi connectivity index (χ2v) is 6.71. The summed E-state index contributed by atoms with van der Waals surface area (Å²) in [5.41, 5.74) is 4.59. The van der Waals surface area contributed by atoms with Crippen LogP contribution in [0.25, 0.3) is 0 Å². The number of benzene rings is 2. The quantitative estimate of drug-likeness (QED) is 0.724. The van der Waals surface area contributed by atoms with Crippen LogP contribution < -0.4 is 14.8 Å². The molecule has 140 valence electrons. The summed E-state index contributed by atoms with van der Waals surface area (Å²) in [6, 6.07) is 12.1. The van der Waals surface area contributed by atoms with Crippen molar-refractivity contribution in [2.45, 2.75) is 46.6 Å². The largest absolute Gasteiger partial charge is 0.497 e. The molecule has 0 saturated heterocycles. The van der Waals surface area contributed by atoms with Gasteiger partial charge in [0.15, 0.2) is 6.10 Å². The predicted octanol–water partition coefficient (Wildman–Crippen LogP) is 4.14. The molecule has 0 radical (unpaired) electrons. The van der Waals surface area contributed by atoms with Crippen LogP contribution in [-0.4, -0.2) is 25.7 Å². The first-order valence-electron chi connectivity index (χ1n) is 9.06. The van der Waals surface area contributed by atoms with Gasteiger partial charge in [-0.2, -0.15) is 0 Å². The standard InChI is InChI=1S/C22H29NO3/c1-15-12-16(2)17(3)21(13-15)26-18(4)22(24)23-11-7-9-19-8-6-10-20(14-19)25-5/h6,8,10,12-14,18H,7,9,11H2,1-5H3,(H,23,24)/t18-/m1/s1. The van der Waals surface area contributed by atoms with Gasteiger partial charge in [-0.3, -0.25) is 4.79 Å². The van der Waals surface area contributed by atoms with E-state index in [2.05, 4.69) is 24.4 Å². The monoisotopic (exact) mass is 355 g/mol. The van der Waals surface area contributed by atoms with Crippen LogP contribution in [0, 0.1) is 20.8 Å². The molecule has 4 nitrogen and oxygen atoms in total. The molecule has 2 aromatic carbocycles. The molecule has 0 fully saturated rings. The fraction of sp³-hybridized carbons (Fsp3) is 0.409. The lowest BCUT2D eigenvalue weighted by molar-refractivity contribution is -0.127. The maximum atomic E-state index is 12.3. The molecular weight excluding hydrogens is 326 g/mol. The van der Waals surface area contributed by atoms with Crippen LogP contribution in [0.4, 0.5) is 0 Å². The lowest BCUT2D eigenvalue weighted by atomic mass is 10.1. The molecular formula is C22H29NO3. The number of carbonyl (C=O) groups excluding carboxylic acids is 1. The molecule has 0 unspecified atom stereocenters. The third-order valence-electron chi connectivity index (χ3n) is 4.51. The zero-order valence-corrected chi connectivity index (χ0v) is 16.4. The number of aryl methyl sites for hydroxylation is 3. The van der Waals surface area contributed by atoms with E-state index in [1.807, 2.05) is 38.1 Å². The fourth-order valence-electron chi connectivity index (χ4n) is 2.84. The first kappa shape index (κ1) is 19.8. The highest BCUT2D eigenvalue weighted by atomic mass is 16.5. The van der Waals surface area contributed by atoms with Crippen LogP contribution in [0.3, 0.4) is 0 Å². The molecule has 2 aromatic rings. The Labute approximate surface area is 156 Å². The maximum absolute atomic E-state index is 12.3. The van der Waals surface area contributed by atoms with Crippen molar-refractivity contribution in [3.05, 3.63) is 58.7 Å². The van der Waals surface area contributed by atoms with Crippen molar-refractivity contribution in [3.63, 3.8) is 0 Å². The molecule has 0 aromatic heterocycles. The smallest absolute Gasteiger partial charge is 0.260 e. The molecule has 0 aliphatic carbocycles. The summed E-state index contributed by atoms with van der Waals surface area (Å²) in [6.07, 6.45) is 1.24. The summed E-state index contributed by atoms with van der Waals surface area (Å²) in [5.74, 6) is 1.55. The molecule has 26 heavy (non-hydrogen) atoms. The molecule has 4 heteroatoms. The van der Waals surface area contributed by atoms with Gasteiger partial charge in [-0.25, -0.2) is 0 Å². The molecule has 0 saturated carbocycles. The van der Waals surface area contributed by atoms with E-state index in [0.717, 1.165) is 35.5 Å². The minimum Gasteiger partial charge on any atom is -0.497 e. The van der Waals surface area contributed by atoms with E-state index >= 15 is 0 Å². The zero-order chi connectivity index (χ0) is 19.1. The molecule has 2 rings (SSSR count). The molecule has 1 N–H and O–H groups in total. The van der Waals surface area contributed by atoms with Crippen molar-refractivity contribution in [2.24, 2.45) is 0 Å². The molecule has 0 heterocycles. The molecule has 0 bridgehead atoms. The van der Waals surface area contributed by atoms with Crippen LogP contribution in [0.5, 0.6) is 11.5 Å². The molecule has 0 spiro atoms. The number of hydrogen-bond donors (Lipinski definition) is 1. The van der Waals surface area contributed by atoms with E-state index in [1.165, 1.54) is 11.1 Å². The lowest BCUT2D eigenvalue weighted by Gasteiger charge is -2.18. The maximum Gasteiger partial charge on any atom is 0.260 e. The Kier molecular flexibility index (Phi) is 7.07. The van der Waals surface area contributed by atoms with E-state index < -0.39 is 6.10 Å². The molecule has 0 aliphatic heterocycles. The second kappa shape index (κ2) is 9.27. The number of nitrogens with one attached hydrogen (secondary N) is 1. The summed E-state index contributed by atoms with van der Waals surface area (Å²) < 4.78 is 11.1. The second-order valence-electron chi connectivity index (χ2n) is 6.71. The molecule has 0 aliphatic rings. The minimum absolute atomic E-state index is 0.0887. The number of carbonyl (C=O) groups is 1. The van der Waals surface area contributed by atoms with E-state index in [0.29, 0.717) is 6.54 Å². The number of methoxy groups -OCH3 is 1. The predicted molar refractivity (Wildman–Crippen MR) is 105 cm³/mol. The fourth-order valence-corrected chi connectivity index (χ4v) is 2.84. The van der Waals surface area contributed by atoms with Crippen molar-refractivity contribution < 1.29 is 14.3 Å². The van der Waals surface area contributed by atoms with Crippen LogP contribution in [0.2, 0.25) is 0 Å². The van der Waals surface area contributed by atoms with Gasteiger partial charge in [0.25, 0.3) is 5.91 Å². The van der Waals surface area contributed by atoms with Crippen molar-refractivity contribution in [2.75, 3.05) is 13.7 Å². The Balaban J connectivity index is 1.80. The lowest BCUT2D eigenvalue weighted by Crippen LogP contribution is -2.37. The first-order chi connectivity index (χ1) is 12.4. The average molecular weight is 355 g/mol. The van der Waals surface area contributed by atoms with Gasteiger partial charge in [0, 0.05) is 6.54 Å². The zero-order valence-electron chi connectivity index (χ0n) is 16.4. The van der Waals surface area contributed by atoms with Gasteiger partial charge in [-0.15, -0.1) is 0 Å². The number of ether oxygens (including phenoxy) is 2. The summed E-state index contributed by atoms with van der Waals surface area (Å²) in [5, 5.41) is 2.96. The van der Waals surface area contributed by atoms with Crippen LogP contribution in [-0.2, 0) is 11.2 Å². The van der Waals surface area contributed by atoms with Gasteiger partial charge in [-0.1, -0.05) is 18.2 Å². The van der Waals surface area contributed by atoms with Crippen molar-refractivity contribution >= 4 is 5.91 Å².